The van der Waals surface area contributed by atoms with E-state index in [0.29, 0.717) is 0 Å². The van der Waals surface area contributed by atoms with Crippen LogP contribution in [-0.4, -0.2) is 6.54 Å². The van der Waals surface area contributed by atoms with E-state index in [-0.39, 0.29) is 0 Å². The highest BCUT2D eigenvalue weighted by Crippen LogP contribution is 2.11. The zero-order valence-corrected chi connectivity index (χ0v) is 10.3. The summed E-state index contributed by atoms with van der Waals surface area (Å²) >= 11 is 0. The van der Waals surface area contributed by atoms with E-state index in [4.69, 9.17) is 0 Å². The lowest BCUT2D eigenvalue weighted by Crippen LogP contribution is -2.01. The third kappa shape index (κ3) is 5.01. The Balaban J connectivity index is 2.18. The van der Waals surface area contributed by atoms with Gasteiger partial charge in [-0.25, -0.2) is 0 Å². The van der Waals surface area contributed by atoms with E-state index in [1.807, 2.05) is 6.08 Å². The Bertz CT molecular complexity index is 304. The number of hydrogen-bond donors (Lipinski definition) is 1. The van der Waals surface area contributed by atoms with Gasteiger partial charge in [0.25, 0.3) is 0 Å². The van der Waals surface area contributed by atoms with Crippen molar-refractivity contribution in [1.29, 1.82) is 0 Å². The number of nitrogens with one attached hydrogen (secondary N) is 1. The fraction of sp³-hybridized carbons (Fsp3) is 0.467. The van der Waals surface area contributed by atoms with Gasteiger partial charge in [0, 0.05) is 12.2 Å². The van der Waals surface area contributed by atoms with Crippen molar-refractivity contribution in [2.45, 2.75) is 39.0 Å². The fourth-order valence-electron chi connectivity index (χ4n) is 1.72. The molecule has 0 radical (unpaired) electrons. The number of anilines is 1. The maximum atomic E-state index is 3.73. The molecule has 0 bridgehead atoms. The summed E-state index contributed by atoms with van der Waals surface area (Å²) in [6, 6.07) is 8.68. The monoisotopic (exact) mass is 217 g/mol. The van der Waals surface area contributed by atoms with E-state index in [1.54, 1.807) is 0 Å². The Morgan fingerprint density at radius 1 is 1.25 bits per heavy atom. The maximum Gasteiger partial charge on any atom is 0.0342 e. The highest BCUT2D eigenvalue weighted by molar-refractivity contribution is 5.45. The van der Waals surface area contributed by atoms with E-state index < -0.39 is 0 Å². The maximum absolute atomic E-state index is 3.73. The number of hydrogen-bond acceptors (Lipinski definition) is 1. The van der Waals surface area contributed by atoms with Gasteiger partial charge in [-0.1, -0.05) is 31.6 Å². The largest absolute Gasteiger partial charge is 0.385 e. The van der Waals surface area contributed by atoms with Gasteiger partial charge in [0.1, 0.15) is 0 Å². The molecule has 0 unspecified atom stereocenters. The molecule has 0 aromatic heterocycles. The molecular weight excluding hydrogens is 194 g/mol. The van der Waals surface area contributed by atoms with Gasteiger partial charge in [0.15, 0.2) is 0 Å². The van der Waals surface area contributed by atoms with Crippen LogP contribution in [0.1, 0.15) is 38.2 Å². The molecule has 0 atom stereocenters. The van der Waals surface area contributed by atoms with Crippen molar-refractivity contribution in [2.24, 2.45) is 0 Å². The van der Waals surface area contributed by atoms with Gasteiger partial charge in [-0.2, -0.15) is 0 Å². The quantitative estimate of drug-likeness (QED) is 0.502. The van der Waals surface area contributed by atoms with E-state index in [9.17, 15) is 0 Å². The van der Waals surface area contributed by atoms with Gasteiger partial charge in [-0.3, -0.25) is 0 Å². The molecule has 0 amide bonds. The zero-order chi connectivity index (χ0) is 11.6. The normalized spacial score (nSPS) is 10.1. The van der Waals surface area contributed by atoms with Crippen LogP contribution in [0.5, 0.6) is 0 Å². The molecule has 0 saturated carbocycles. The topological polar surface area (TPSA) is 12.0 Å². The molecule has 0 aliphatic rings. The lowest BCUT2D eigenvalue weighted by molar-refractivity contribution is 0.709. The van der Waals surface area contributed by atoms with Gasteiger partial charge in [0.05, 0.1) is 0 Å². The Hall–Kier alpha value is -1.24. The van der Waals surface area contributed by atoms with Crippen LogP contribution < -0.4 is 5.32 Å². The van der Waals surface area contributed by atoms with Crippen LogP contribution in [0.3, 0.4) is 0 Å². The second-order valence-corrected chi connectivity index (χ2v) is 4.12. The standard InChI is InChI=1S/C15H23N/c1-3-5-6-7-8-12-16-15-11-9-10-14(4-2)13-15/h3,9-11,13,16H,1,4-8,12H2,2H3. The summed E-state index contributed by atoms with van der Waals surface area (Å²) in [5.74, 6) is 0. The van der Waals surface area contributed by atoms with Crippen LogP contribution in [0.15, 0.2) is 36.9 Å². The zero-order valence-electron chi connectivity index (χ0n) is 10.3. The van der Waals surface area contributed by atoms with Gasteiger partial charge >= 0.3 is 0 Å². The minimum absolute atomic E-state index is 1.07. The molecular formula is C15H23N. The van der Waals surface area contributed by atoms with Crippen LogP contribution in [0, 0.1) is 0 Å². The van der Waals surface area contributed by atoms with Gasteiger partial charge in [0.2, 0.25) is 0 Å². The van der Waals surface area contributed by atoms with Gasteiger partial charge in [-0.05, 0) is 43.4 Å². The average Bonchev–Trinajstić information content (AvgIpc) is 2.34. The Morgan fingerprint density at radius 2 is 2.12 bits per heavy atom. The lowest BCUT2D eigenvalue weighted by Gasteiger charge is -2.07. The first-order valence-corrected chi connectivity index (χ1v) is 6.30. The molecule has 0 heterocycles. The van der Waals surface area contributed by atoms with Crippen molar-refractivity contribution in [3.8, 4) is 0 Å². The van der Waals surface area contributed by atoms with Crippen molar-refractivity contribution in [1.82, 2.24) is 0 Å². The predicted molar refractivity (Wildman–Crippen MR) is 73.0 cm³/mol. The predicted octanol–water partition coefficient (Wildman–Crippen LogP) is 4.41. The highest BCUT2D eigenvalue weighted by Gasteiger charge is 1.93. The van der Waals surface area contributed by atoms with E-state index in [2.05, 4.69) is 43.1 Å². The van der Waals surface area contributed by atoms with Crippen LogP contribution in [0.4, 0.5) is 5.69 Å². The van der Waals surface area contributed by atoms with Crippen molar-refractivity contribution in [3.05, 3.63) is 42.5 Å². The minimum Gasteiger partial charge on any atom is -0.385 e. The summed E-state index contributed by atoms with van der Waals surface area (Å²) < 4.78 is 0. The summed E-state index contributed by atoms with van der Waals surface area (Å²) in [6.07, 6.45) is 8.04. The highest BCUT2D eigenvalue weighted by atomic mass is 14.9. The third-order valence-corrected chi connectivity index (χ3v) is 2.75. The van der Waals surface area contributed by atoms with Crippen LogP contribution >= 0.6 is 0 Å². The van der Waals surface area contributed by atoms with E-state index >= 15 is 0 Å². The van der Waals surface area contributed by atoms with Crippen LogP contribution in [-0.2, 0) is 6.42 Å². The second kappa shape index (κ2) is 7.98. The summed E-state index contributed by atoms with van der Waals surface area (Å²) in [6.45, 7) is 6.99. The molecule has 0 fully saturated rings. The first-order chi connectivity index (χ1) is 7.86. The van der Waals surface area contributed by atoms with Crippen molar-refractivity contribution in [2.75, 3.05) is 11.9 Å². The summed E-state index contributed by atoms with van der Waals surface area (Å²) in [5, 5.41) is 3.47. The number of aryl methyl sites for hydroxylation is 1. The van der Waals surface area contributed by atoms with Crippen molar-refractivity contribution in [3.63, 3.8) is 0 Å². The Morgan fingerprint density at radius 3 is 2.88 bits per heavy atom. The number of benzene rings is 1. The Labute approximate surface area is 99.6 Å². The molecule has 0 aliphatic carbocycles. The molecule has 0 spiro atoms. The molecule has 0 saturated heterocycles. The summed E-state index contributed by atoms with van der Waals surface area (Å²) in [7, 11) is 0. The van der Waals surface area contributed by atoms with E-state index in [0.717, 1.165) is 19.4 Å². The number of unbranched alkanes of at least 4 members (excludes halogenated alkanes) is 3. The van der Waals surface area contributed by atoms with Gasteiger partial charge in [-0.15, -0.1) is 6.58 Å². The summed E-state index contributed by atoms with van der Waals surface area (Å²) in [5.41, 5.74) is 2.65. The molecule has 1 heteroatoms. The summed E-state index contributed by atoms with van der Waals surface area (Å²) in [4.78, 5) is 0. The van der Waals surface area contributed by atoms with Crippen LogP contribution in [0.25, 0.3) is 0 Å². The molecule has 1 aromatic carbocycles. The molecule has 1 aromatic rings. The van der Waals surface area contributed by atoms with E-state index in [1.165, 1.54) is 30.5 Å². The molecule has 1 N–H and O–H groups in total. The number of rotatable bonds is 8. The first-order valence-electron chi connectivity index (χ1n) is 6.30. The van der Waals surface area contributed by atoms with Gasteiger partial charge < -0.3 is 5.32 Å². The van der Waals surface area contributed by atoms with Crippen molar-refractivity contribution >= 4 is 5.69 Å². The third-order valence-electron chi connectivity index (χ3n) is 2.75. The Kier molecular flexibility index (Phi) is 6.39. The lowest BCUT2D eigenvalue weighted by atomic mass is 10.1. The average molecular weight is 217 g/mol. The minimum atomic E-state index is 1.07. The fourth-order valence-corrected chi connectivity index (χ4v) is 1.72. The molecule has 1 nitrogen and oxygen atoms in total. The van der Waals surface area contributed by atoms with Crippen LogP contribution in [0.2, 0.25) is 0 Å². The SMILES string of the molecule is C=CCCCCCNc1cccc(CC)c1. The molecule has 1 rings (SSSR count). The first kappa shape index (κ1) is 12.8. The molecule has 0 aliphatic heterocycles. The van der Waals surface area contributed by atoms with Crippen molar-refractivity contribution < 1.29 is 0 Å². The molecule has 88 valence electrons. The second-order valence-electron chi connectivity index (χ2n) is 4.12. The number of allylic oxidation sites excluding steroid dienone is 1. The molecule has 16 heavy (non-hydrogen) atoms. The smallest absolute Gasteiger partial charge is 0.0342 e.